The fraction of sp³-hybridized carbons (Fsp3) is 0.929. The van der Waals surface area contributed by atoms with Gasteiger partial charge in [0.15, 0.2) is 0 Å². The van der Waals surface area contributed by atoms with Crippen LogP contribution in [-0.4, -0.2) is 42.8 Å². The largest absolute Gasteiger partial charge is 0.462 e. The summed E-state index contributed by atoms with van der Waals surface area (Å²) >= 11 is 0. The molecule has 0 amide bonds. The summed E-state index contributed by atoms with van der Waals surface area (Å²) in [6.45, 7) is 2.34. The molecule has 2 atom stereocenters. The lowest BCUT2D eigenvalue weighted by atomic mass is 10.0. The van der Waals surface area contributed by atoms with E-state index in [-0.39, 0.29) is 12.8 Å². The van der Waals surface area contributed by atoms with Gasteiger partial charge < -0.3 is 4.74 Å². The highest BCUT2D eigenvalue weighted by Gasteiger charge is 2.80. The number of halogens is 11. The molecule has 14 heteroatoms. The Morgan fingerprint density at radius 2 is 1.36 bits per heavy atom. The number of hydrogen-bond acceptors (Lipinski definition) is 3. The molecule has 3 nitrogen and oxygen atoms in total. The molecule has 0 spiro atoms. The van der Waals surface area contributed by atoms with E-state index in [9.17, 15) is 53.1 Å². The number of hydrogen-bond donors (Lipinski definition) is 0. The Morgan fingerprint density at radius 1 is 0.857 bits per heavy atom. The second kappa shape index (κ2) is 8.99. The van der Waals surface area contributed by atoms with Crippen molar-refractivity contribution in [1.29, 1.82) is 0 Å². The van der Waals surface area contributed by atoms with E-state index in [1.54, 1.807) is 6.92 Å². The Balaban J connectivity index is 5.63. The SMILES string of the molecule is CCCC[C@H](CC)COC(=O)[C@@](F)(OC(F)(F)C(F)(F)C(F)(F)F)C(F)(F)F. The van der Waals surface area contributed by atoms with Crippen molar-refractivity contribution in [2.75, 3.05) is 6.61 Å². The van der Waals surface area contributed by atoms with Gasteiger partial charge in [-0.25, -0.2) is 4.79 Å². The standard InChI is InChI=1S/C14H17F11O3/c1-3-5-6-8(4-2)7-27-9(26)10(15,12(18,19)20)28-14(24,25)11(16,17)13(21,22)23/h8H,3-7H2,1-2H3/t8-,10+/m0/s1. The molecule has 0 bridgehead atoms. The van der Waals surface area contributed by atoms with Crippen molar-refractivity contribution in [2.45, 2.75) is 69.8 Å². The summed E-state index contributed by atoms with van der Waals surface area (Å²) in [5, 5.41) is 0. The summed E-state index contributed by atoms with van der Waals surface area (Å²) in [6.07, 6.45) is -19.3. The van der Waals surface area contributed by atoms with E-state index in [2.05, 4.69) is 9.47 Å². The van der Waals surface area contributed by atoms with Crippen LogP contribution in [-0.2, 0) is 14.3 Å². The van der Waals surface area contributed by atoms with Crippen molar-refractivity contribution >= 4 is 5.97 Å². The summed E-state index contributed by atoms with van der Waals surface area (Å²) < 4.78 is 146. The number of carbonyl (C=O) groups excluding carboxylic acids is 1. The molecule has 0 aromatic carbocycles. The van der Waals surface area contributed by atoms with Crippen LogP contribution in [0.15, 0.2) is 0 Å². The van der Waals surface area contributed by atoms with E-state index in [1.807, 2.05) is 0 Å². The van der Waals surface area contributed by atoms with E-state index >= 15 is 0 Å². The van der Waals surface area contributed by atoms with Crippen LogP contribution in [0.2, 0.25) is 0 Å². The fourth-order valence-corrected chi connectivity index (χ4v) is 1.81. The molecular formula is C14H17F11O3. The maximum atomic E-state index is 13.9. The second-order valence-electron chi connectivity index (χ2n) is 5.80. The molecule has 0 saturated carbocycles. The average Bonchev–Trinajstić information content (AvgIpc) is 2.51. The minimum atomic E-state index is -7.23. The number of alkyl halides is 11. The first-order valence-electron chi connectivity index (χ1n) is 7.82. The third-order valence-corrected chi connectivity index (χ3v) is 3.61. The summed E-state index contributed by atoms with van der Waals surface area (Å²) in [7, 11) is 0. The molecule has 0 aliphatic carbocycles. The third-order valence-electron chi connectivity index (χ3n) is 3.61. The predicted molar refractivity (Wildman–Crippen MR) is 71.2 cm³/mol. The van der Waals surface area contributed by atoms with Crippen molar-refractivity contribution in [3.8, 4) is 0 Å². The minimum Gasteiger partial charge on any atom is -0.461 e. The van der Waals surface area contributed by atoms with Gasteiger partial charge in [-0.3, -0.25) is 4.74 Å². The molecule has 0 radical (unpaired) electrons. The Morgan fingerprint density at radius 3 is 1.71 bits per heavy atom. The topological polar surface area (TPSA) is 35.5 Å². The monoisotopic (exact) mass is 442 g/mol. The van der Waals surface area contributed by atoms with Crippen LogP contribution in [0, 0.1) is 5.92 Å². The normalized spacial score (nSPS) is 17.2. The third kappa shape index (κ3) is 5.83. The van der Waals surface area contributed by atoms with E-state index in [0.717, 1.165) is 0 Å². The molecule has 0 N–H and O–H groups in total. The van der Waals surface area contributed by atoms with Gasteiger partial charge in [0.1, 0.15) is 0 Å². The van der Waals surface area contributed by atoms with Gasteiger partial charge in [-0.05, 0) is 12.3 Å². The van der Waals surface area contributed by atoms with Gasteiger partial charge in [0.05, 0.1) is 6.61 Å². The van der Waals surface area contributed by atoms with E-state index in [0.29, 0.717) is 12.8 Å². The fourth-order valence-electron chi connectivity index (χ4n) is 1.81. The van der Waals surface area contributed by atoms with Gasteiger partial charge in [-0.2, -0.15) is 48.3 Å². The molecule has 0 aliphatic rings. The molecule has 168 valence electrons. The lowest BCUT2D eigenvalue weighted by molar-refractivity contribution is -0.475. The maximum absolute atomic E-state index is 13.9. The van der Waals surface area contributed by atoms with E-state index in [4.69, 9.17) is 0 Å². The molecule has 28 heavy (non-hydrogen) atoms. The van der Waals surface area contributed by atoms with Crippen molar-refractivity contribution in [1.82, 2.24) is 0 Å². The molecule has 0 aromatic rings. The quantitative estimate of drug-likeness (QED) is 0.318. The van der Waals surface area contributed by atoms with Gasteiger partial charge in [0.25, 0.3) is 0 Å². The van der Waals surface area contributed by atoms with Gasteiger partial charge in [-0.1, -0.05) is 33.1 Å². The lowest BCUT2D eigenvalue weighted by Crippen LogP contribution is -2.62. The summed E-state index contributed by atoms with van der Waals surface area (Å²) in [5.74, 6) is -17.3. The zero-order valence-electron chi connectivity index (χ0n) is 14.5. The summed E-state index contributed by atoms with van der Waals surface area (Å²) in [6, 6.07) is 0. The van der Waals surface area contributed by atoms with E-state index < -0.39 is 48.7 Å². The van der Waals surface area contributed by atoms with Crippen LogP contribution >= 0.6 is 0 Å². The number of carbonyl (C=O) groups is 1. The van der Waals surface area contributed by atoms with Gasteiger partial charge in [0, 0.05) is 0 Å². The van der Waals surface area contributed by atoms with Crippen LogP contribution in [0.25, 0.3) is 0 Å². The Bertz CT molecular complexity index is 516. The molecule has 0 unspecified atom stereocenters. The Hall–Kier alpha value is -1.34. The molecule has 0 aromatic heterocycles. The number of ether oxygens (including phenoxy) is 2. The van der Waals surface area contributed by atoms with Crippen LogP contribution in [0.1, 0.15) is 39.5 Å². The first kappa shape index (κ1) is 26.7. The first-order valence-corrected chi connectivity index (χ1v) is 7.82. The summed E-state index contributed by atoms with van der Waals surface area (Å²) in [5.41, 5.74) is 0. The van der Waals surface area contributed by atoms with Crippen LogP contribution < -0.4 is 0 Å². The molecule has 0 saturated heterocycles. The molecule has 0 aliphatic heterocycles. The molecule has 0 heterocycles. The average molecular weight is 442 g/mol. The smallest absolute Gasteiger partial charge is 0.461 e. The van der Waals surface area contributed by atoms with Crippen LogP contribution in [0.4, 0.5) is 48.3 Å². The first-order chi connectivity index (χ1) is 12.4. The summed E-state index contributed by atoms with van der Waals surface area (Å²) in [4.78, 5) is 11.4. The van der Waals surface area contributed by atoms with Gasteiger partial charge >= 0.3 is 36.2 Å². The van der Waals surface area contributed by atoms with Crippen molar-refractivity contribution < 1.29 is 62.6 Å². The van der Waals surface area contributed by atoms with Crippen LogP contribution in [0.5, 0.6) is 0 Å². The highest BCUT2D eigenvalue weighted by molar-refractivity contribution is 5.78. The molecule has 0 rings (SSSR count). The minimum absolute atomic E-state index is 0.210. The van der Waals surface area contributed by atoms with Crippen molar-refractivity contribution in [3.63, 3.8) is 0 Å². The number of unbranched alkanes of at least 4 members (excludes halogenated alkanes) is 1. The lowest BCUT2D eigenvalue weighted by Gasteiger charge is -2.33. The van der Waals surface area contributed by atoms with Crippen molar-refractivity contribution in [3.05, 3.63) is 0 Å². The molecule has 0 fully saturated rings. The van der Waals surface area contributed by atoms with Crippen LogP contribution in [0.3, 0.4) is 0 Å². The zero-order chi connectivity index (χ0) is 22.6. The zero-order valence-corrected chi connectivity index (χ0v) is 14.5. The predicted octanol–water partition coefficient (Wildman–Crippen LogP) is 5.78. The number of rotatable bonds is 10. The van der Waals surface area contributed by atoms with Gasteiger partial charge in [0.2, 0.25) is 0 Å². The molecular weight excluding hydrogens is 425 g/mol. The Kier molecular flexibility index (Phi) is 8.56. The van der Waals surface area contributed by atoms with Crippen molar-refractivity contribution in [2.24, 2.45) is 5.92 Å². The second-order valence-corrected chi connectivity index (χ2v) is 5.80. The highest BCUT2D eigenvalue weighted by atomic mass is 19.4. The maximum Gasteiger partial charge on any atom is 0.462 e. The number of esters is 1. The van der Waals surface area contributed by atoms with Gasteiger partial charge in [-0.15, -0.1) is 0 Å². The Labute approximate surface area is 152 Å². The van der Waals surface area contributed by atoms with E-state index in [1.165, 1.54) is 6.92 Å². The highest BCUT2D eigenvalue weighted by Crippen LogP contribution is 2.51.